The molecular weight excluding hydrogens is 412 g/mol. The highest BCUT2D eigenvalue weighted by Gasteiger charge is 2.20. The maximum atomic E-state index is 6.07. The zero-order chi connectivity index (χ0) is 22.0. The number of anilines is 1. The summed E-state index contributed by atoms with van der Waals surface area (Å²) < 4.78 is 13.4. The first-order chi connectivity index (χ1) is 14.9. The van der Waals surface area contributed by atoms with Gasteiger partial charge in [-0.3, -0.25) is 0 Å². The first-order valence-electron chi connectivity index (χ1n) is 10.1. The Balaban J connectivity index is 1.67. The zero-order valence-corrected chi connectivity index (χ0v) is 18.8. The van der Waals surface area contributed by atoms with Crippen LogP contribution < -0.4 is 20.5 Å². The second-order valence-electron chi connectivity index (χ2n) is 8.45. The molecular formula is C22H26N6O2S. The molecule has 0 amide bonds. The van der Waals surface area contributed by atoms with Crippen molar-refractivity contribution in [3.63, 3.8) is 0 Å². The molecule has 0 saturated carbocycles. The van der Waals surface area contributed by atoms with Gasteiger partial charge >= 0.3 is 0 Å². The topological polar surface area (TPSA) is 100 Å². The molecule has 1 aliphatic heterocycles. The summed E-state index contributed by atoms with van der Waals surface area (Å²) in [7, 11) is 0. The number of terminal acetylenes is 1. The Morgan fingerprint density at radius 2 is 1.97 bits per heavy atom. The van der Waals surface area contributed by atoms with E-state index in [1.807, 2.05) is 16.7 Å². The lowest BCUT2D eigenvalue weighted by Gasteiger charge is -2.20. The summed E-state index contributed by atoms with van der Waals surface area (Å²) in [4.78, 5) is 14.1. The van der Waals surface area contributed by atoms with Gasteiger partial charge in [0.15, 0.2) is 33.6 Å². The quantitative estimate of drug-likeness (QED) is 0.448. The largest absolute Gasteiger partial charge is 0.486 e. The molecule has 0 unspecified atom stereocenters. The van der Waals surface area contributed by atoms with Crippen molar-refractivity contribution in [3.05, 3.63) is 24.0 Å². The van der Waals surface area contributed by atoms with Crippen LogP contribution in [0, 0.1) is 17.8 Å². The predicted molar refractivity (Wildman–Crippen MR) is 122 cm³/mol. The van der Waals surface area contributed by atoms with E-state index in [2.05, 4.69) is 42.0 Å². The minimum Gasteiger partial charge on any atom is -0.486 e. The molecule has 0 atom stereocenters. The molecule has 162 valence electrons. The third-order valence-corrected chi connectivity index (χ3v) is 5.75. The van der Waals surface area contributed by atoms with E-state index in [1.54, 1.807) is 0 Å². The monoisotopic (exact) mass is 438 g/mol. The molecule has 3 N–H and O–H groups in total. The van der Waals surface area contributed by atoms with Crippen molar-refractivity contribution < 1.29 is 9.47 Å². The number of hydrogen-bond acceptors (Lipinski definition) is 8. The Labute approximate surface area is 185 Å². The molecule has 0 fully saturated rings. The Morgan fingerprint density at radius 3 is 2.68 bits per heavy atom. The van der Waals surface area contributed by atoms with E-state index in [1.165, 1.54) is 18.1 Å². The molecule has 0 bridgehead atoms. The van der Waals surface area contributed by atoms with Crippen molar-refractivity contribution in [2.45, 2.75) is 37.4 Å². The van der Waals surface area contributed by atoms with Crippen LogP contribution in [0.1, 0.15) is 26.3 Å². The number of hydrogen-bond donors (Lipinski definition) is 2. The van der Waals surface area contributed by atoms with Gasteiger partial charge in [-0.1, -0.05) is 38.5 Å². The van der Waals surface area contributed by atoms with Crippen molar-refractivity contribution >= 4 is 28.7 Å². The van der Waals surface area contributed by atoms with E-state index in [-0.39, 0.29) is 5.41 Å². The van der Waals surface area contributed by atoms with Crippen LogP contribution in [0.15, 0.2) is 28.5 Å². The van der Waals surface area contributed by atoms with Gasteiger partial charge in [-0.25, -0.2) is 15.0 Å². The normalized spacial score (nSPS) is 13.4. The molecule has 0 radical (unpaired) electrons. The number of benzene rings is 1. The van der Waals surface area contributed by atoms with Gasteiger partial charge in [0.25, 0.3) is 0 Å². The molecule has 9 heteroatoms. The smallest absolute Gasteiger partial charge is 0.175 e. The Morgan fingerprint density at radius 1 is 1.23 bits per heavy atom. The van der Waals surface area contributed by atoms with Crippen LogP contribution >= 0.6 is 11.8 Å². The minimum absolute atomic E-state index is 0.202. The first kappa shape index (κ1) is 21.3. The molecule has 0 saturated heterocycles. The molecule has 8 nitrogen and oxygen atoms in total. The Bertz CT molecular complexity index is 1150. The number of nitrogens with two attached hydrogens (primary N) is 1. The number of nitrogens with one attached hydrogen (secondary N) is 1. The van der Waals surface area contributed by atoms with Crippen LogP contribution in [0.4, 0.5) is 5.82 Å². The second kappa shape index (κ2) is 8.65. The van der Waals surface area contributed by atoms with Crippen molar-refractivity contribution in [3.8, 4) is 23.8 Å². The lowest BCUT2D eigenvalue weighted by atomic mass is 9.97. The molecule has 31 heavy (non-hydrogen) atoms. The number of imidazole rings is 1. The van der Waals surface area contributed by atoms with Crippen LogP contribution in [0.25, 0.3) is 11.2 Å². The van der Waals surface area contributed by atoms with Crippen molar-refractivity contribution in [2.24, 2.45) is 5.41 Å². The fourth-order valence-corrected chi connectivity index (χ4v) is 4.25. The van der Waals surface area contributed by atoms with Crippen LogP contribution in [-0.4, -0.2) is 45.8 Å². The average molecular weight is 439 g/mol. The lowest BCUT2D eigenvalue weighted by molar-refractivity contribution is 0.171. The van der Waals surface area contributed by atoms with E-state index in [4.69, 9.17) is 26.6 Å². The van der Waals surface area contributed by atoms with Gasteiger partial charge in [0, 0.05) is 36.2 Å². The molecule has 0 aliphatic carbocycles. The molecule has 0 spiro atoms. The number of ether oxygens (including phenoxy) is 2. The molecule has 2 aromatic heterocycles. The number of rotatable bonds is 6. The highest BCUT2D eigenvalue weighted by molar-refractivity contribution is 7.99. The Kier molecular flexibility index (Phi) is 5.94. The van der Waals surface area contributed by atoms with Gasteiger partial charge in [0.05, 0.1) is 0 Å². The summed E-state index contributed by atoms with van der Waals surface area (Å²) in [6, 6.07) is 3.74. The summed E-state index contributed by atoms with van der Waals surface area (Å²) in [5, 5.41) is 4.24. The van der Waals surface area contributed by atoms with Crippen LogP contribution in [0.5, 0.6) is 11.5 Å². The minimum atomic E-state index is 0.202. The molecule has 3 aromatic rings. The van der Waals surface area contributed by atoms with Gasteiger partial charge in [0.2, 0.25) is 0 Å². The summed E-state index contributed by atoms with van der Waals surface area (Å²) in [5.41, 5.74) is 8.28. The third kappa shape index (κ3) is 4.70. The summed E-state index contributed by atoms with van der Waals surface area (Å²) in [6.45, 7) is 9.98. The highest BCUT2D eigenvalue weighted by atomic mass is 32.2. The van der Waals surface area contributed by atoms with Gasteiger partial charge < -0.3 is 25.1 Å². The molecule has 4 rings (SSSR count). The maximum Gasteiger partial charge on any atom is 0.175 e. The SMILES string of the molecule is C#Cc1cc2c(cc1Sc1nc3c(N)ncnc3n1CCNCC(C)(C)C)OCCO2. The third-order valence-electron chi connectivity index (χ3n) is 4.69. The maximum absolute atomic E-state index is 6.07. The van der Waals surface area contributed by atoms with Crippen LogP contribution in [0.3, 0.4) is 0 Å². The van der Waals surface area contributed by atoms with Crippen molar-refractivity contribution in [1.82, 2.24) is 24.8 Å². The predicted octanol–water partition coefficient (Wildman–Crippen LogP) is 2.95. The van der Waals surface area contributed by atoms with Crippen molar-refractivity contribution in [2.75, 3.05) is 32.0 Å². The van der Waals surface area contributed by atoms with E-state index in [0.29, 0.717) is 48.2 Å². The fraction of sp³-hybridized carbons (Fsp3) is 0.409. The molecule has 1 aliphatic rings. The second-order valence-corrected chi connectivity index (χ2v) is 9.46. The summed E-state index contributed by atoms with van der Waals surface area (Å²) in [6.07, 6.45) is 7.24. The van der Waals surface area contributed by atoms with Crippen molar-refractivity contribution in [1.29, 1.82) is 0 Å². The summed E-state index contributed by atoms with van der Waals surface area (Å²) >= 11 is 1.46. The number of aromatic nitrogens is 4. The van der Waals surface area contributed by atoms with E-state index >= 15 is 0 Å². The molecule has 3 heterocycles. The number of nitrogens with zero attached hydrogens (tertiary/aromatic N) is 4. The van der Waals surface area contributed by atoms with E-state index in [0.717, 1.165) is 28.7 Å². The highest BCUT2D eigenvalue weighted by Crippen LogP contribution is 2.40. The standard InChI is InChI=1S/C22H26N6O2S/c1-5-14-10-15-16(30-9-8-29-15)11-17(14)31-21-27-18-19(23)25-13-26-20(18)28(21)7-6-24-12-22(2,3)4/h1,10-11,13,24H,6-9,12H2,2-4H3,(H2,23,25,26). The van der Waals surface area contributed by atoms with Gasteiger partial charge in [-0.15, -0.1) is 6.42 Å². The average Bonchev–Trinajstić information content (AvgIpc) is 3.08. The zero-order valence-electron chi connectivity index (χ0n) is 17.9. The summed E-state index contributed by atoms with van der Waals surface area (Å²) in [5.74, 6) is 4.44. The number of fused-ring (bicyclic) bond motifs is 2. The van der Waals surface area contributed by atoms with Gasteiger partial charge in [-0.05, 0) is 11.5 Å². The van der Waals surface area contributed by atoms with E-state index < -0.39 is 0 Å². The fourth-order valence-electron chi connectivity index (χ4n) is 3.23. The van der Waals surface area contributed by atoms with Crippen LogP contribution in [0.2, 0.25) is 0 Å². The van der Waals surface area contributed by atoms with E-state index in [9.17, 15) is 0 Å². The Hall–Kier alpha value is -2.96. The van der Waals surface area contributed by atoms with Crippen LogP contribution in [-0.2, 0) is 6.54 Å². The van der Waals surface area contributed by atoms with Gasteiger partial charge in [0.1, 0.15) is 19.5 Å². The number of nitrogen functional groups attached to an aromatic ring is 1. The lowest BCUT2D eigenvalue weighted by Crippen LogP contribution is -2.29. The van der Waals surface area contributed by atoms with Gasteiger partial charge in [-0.2, -0.15) is 0 Å². The molecule has 1 aromatic carbocycles. The first-order valence-corrected chi connectivity index (χ1v) is 10.9.